The van der Waals surface area contributed by atoms with Crippen LogP contribution in [0.3, 0.4) is 0 Å². The number of nitrogens with zero attached hydrogens (tertiary/aromatic N) is 2. The SMILES string of the molecule is CC(C)(C)[C@@H]1CCC2=C(C1)SC1=NCC(=O)N12. The van der Waals surface area contributed by atoms with Gasteiger partial charge in [-0.15, -0.1) is 0 Å². The lowest BCUT2D eigenvalue weighted by atomic mass is 9.73. The molecule has 3 aliphatic rings. The number of hydrogen-bond acceptors (Lipinski definition) is 3. The molecule has 2 aliphatic heterocycles. The molecule has 3 nitrogen and oxygen atoms in total. The molecular weight excluding hydrogens is 232 g/mol. The van der Waals surface area contributed by atoms with Crippen LogP contribution in [0.5, 0.6) is 0 Å². The van der Waals surface area contributed by atoms with Gasteiger partial charge in [0.25, 0.3) is 5.91 Å². The van der Waals surface area contributed by atoms with Crippen molar-refractivity contribution in [2.75, 3.05) is 6.54 Å². The maximum absolute atomic E-state index is 11.8. The molecule has 4 heteroatoms. The van der Waals surface area contributed by atoms with Crippen molar-refractivity contribution in [2.24, 2.45) is 16.3 Å². The number of amides is 1. The number of thioether (sulfide) groups is 1. The van der Waals surface area contributed by atoms with Gasteiger partial charge in [-0.1, -0.05) is 32.5 Å². The third kappa shape index (κ3) is 1.73. The zero-order chi connectivity index (χ0) is 12.2. The van der Waals surface area contributed by atoms with Crippen molar-refractivity contribution in [3.05, 3.63) is 10.6 Å². The fraction of sp³-hybridized carbons (Fsp3) is 0.692. The molecule has 0 fully saturated rings. The number of amidine groups is 1. The van der Waals surface area contributed by atoms with Crippen molar-refractivity contribution < 1.29 is 4.79 Å². The summed E-state index contributed by atoms with van der Waals surface area (Å²) in [5.41, 5.74) is 1.61. The van der Waals surface area contributed by atoms with Gasteiger partial charge in [0.05, 0.1) is 0 Å². The highest BCUT2D eigenvalue weighted by Crippen LogP contribution is 2.49. The number of carbonyl (C=O) groups is 1. The van der Waals surface area contributed by atoms with Gasteiger partial charge in [0.15, 0.2) is 5.17 Å². The van der Waals surface area contributed by atoms with E-state index in [1.165, 1.54) is 17.0 Å². The molecule has 0 aromatic carbocycles. The van der Waals surface area contributed by atoms with E-state index in [0.29, 0.717) is 12.0 Å². The van der Waals surface area contributed by atoms with Gasteiger partial charge in [0.2, 0.25) is 0 Å². The summed E-state index contributed by atoms with van der Waals surface area (Å²) in [6.45, 7) is 7.29. The van der Waals surface area contributed by atoms with Gasteiger partial charge >= 0.3 is 0 Å². The smallest absolute Gasteiger partial charge is 0.254 e. The van der Waals surface area contributed by atoms with Gasteiger partial charge in [-0.2, -0.15) is 0 Å². The van der Waals surface area contributed by atoms with Crippen LogP contribution in [0.25, 0.3) is 0 Å². The van der Waals surface area contributed by atoms with E-state index in [4.69, 9.17) is 0 Å². The molecule has 0 saturated heterocycles. The Morgan fingerprint density at radius 2 is 2.18 bits per heavy atom. The van der Waals surface area contributed by atoms with Crippen LogP contribution in [0.4, 0.5) is 0 Å². The molecule has 0 aromatic rings. The van der Waals surface area contributed by atoms with Crippen LogP contribution in [0.1, 0.15) is 40.0 Å². The molecule has 0 unspecified atom stereocenters. The van der Waals surface area contributed by atoms with E-state index >= 15 is 0 Å². The average molecular weight is 250 g/mol. The minimum atomic E-state index is 0.159. The van der Waals surface area contributed by atoms with E-state index in [1.807, 2.05) is 4.90 Å². The normalized spacial score (nSPS) is 28.4. The molecule has 1 amide bonds. The van der Waals surface area contributed by atoms with Gasteiger partial charge in [-0.05, 0) is 30.6 Å². The molecule has 0 saturated carbocycles. The van der Waals surface area contributed by atoms with E-state index in [9.17, 15) is 4.79 Å². The largest absolute Gasteiger partial charge is 0.272 e. The molecule has 0 radical (unpaired) electrons. The fourth-order valence-electron chi connectivity index (χ4n) is 2.81. The Morgan fingerprint density at radius 1 is 1.41 bits per heavy atom. The van der Waals surface area contributed by atoms with Crippen molar-refractivity contribution >= 4 is 22.8 Å². The Hall–Kier alpha value is -0.770. The Morgan fingerprint density at radius 3 is 2.88 bits per heavy atom. The second-order valence-electron chi connectivity index (χ2n) is 6.11. The maximum atomic E-state index is 11.8. The summed E-state index contributed by atoms with van der Waals surface area (Å²) >= 11 is 1.72. The third-order valence-electron chi connectivity index (χ3n) is 3.98. The quantitative estimate of drug-likeness (QED) is 0.662. The van der Waals surface area contributed by atoms with E-state index in [-0.39, 0.29) is 5.91 Å². The van der Waals surface area contributed by atoms with Crippen LogP contribution < -0.4 is 0 Å². The first-order chi connectivity index (χ1) is 7.97. The molecule has 2 heterocycles. The molecule has 1 aliphatic carbocycles. The van der Waals surface area contributed by atoms with E-state index in [1.54, 1.807) is 11.8 Å². The molecule has 1 atom stereocenters. The van der Waals surface area contributed by atoms with Crippen molar-refractivity contribution in [1.29, 1.82) is 0 Å². The summed E-state index contributed by atoms with van der Waals surface area (Å²) in [4.78, 5) is 19.3. The standard InChI is InChI=1S/C13H18N2OS/c1-13(2,3)8-4-5-9-10(6-8)17-12-14-7-11(16)15(9)12/h8H,4-7H2,1-3H3/t8-/m1/s1. The van der Waals surface area contributed by atoms with Crippen molar-refractivity contribution in [2.45, 2.75) is 40.0 Å². The zero-order valence-electron chi connectivity index (χ0n) is 10.6. The molecule has 0 bridgehead atoms. The minimum Gasteiger partial charge on any atom is -0.272 e. The fourth-order valence-corrected chi connectivity index (χ4v) is 4.06. The lowest BCUT2D eigenvalue weighted by Crippen LogP contribution is -2.30. The summed E-state index contributed by atoms with van der Waals surface area (Å²) < 4.78 is 0. The number of rotatable bonds is 0. The van der Waals surface area contributed by atoms with Gasteiger partial charge < -0.3 is 0 Å². The van der Waals surface area contributed by atoms with E-state index < -0.39 is 0 Å². The lowest BCUT2D eigenvalue weighted by molar-refractivity contribution is -0.123. The van der Waals surface area contributed by atoms with Crippen LogP contribution >= 0.6 is 11.8 Å². The number of allylic oxidation sites excluding steroid dienone is 2. The number of carbonyl (C=O) groups excluding carboxylic acids is 1. The number of fused-ring (bicyclic) bond motifs is 2. The van der Waals surface area contributed by atoms with Gasteiger partial charge in [0.1, 0.15) is 6.54 Å². The molecule has 92 valence electrons. The minimum absolute atomic E-state index is 0.159. The Labute approximate surface area is 106 Å². The topological polar surface area (TPSA) is 32.7 Å². The summed E-state index contributed by atoms with van der Waals surface area (Å²) in [5.74, 6) is 0.885. The van der Waals surface area contributed by atoms with Crippen LogP contribution in [0.15, 0.2) is 15.6 Å². The predicted molar refractivity (Wildman–Crippen MR) is 70.6 cm³/mol. The monoisotopic (exact) mass is 250 g/mol. The molecule has 0 spiro atoms. The molecule has 0 N–H and O–H groups in total. The first-order valence-corrected chi connectivity index (χ1v) is 7.06. The predicted octanol–water partition coefficient (Wildman–Crippen LogP) is 2.99. The molecule has 3 rings (SSSR count). The van der Waals surface area contributed by atoms with Crippen molar-refractivity contribution in [3.8, 4) is 0 Å². The summed E-state index contributed by atoms with van der Waals surface area (Å²) in [6.07, 6.45) is 3.35. The second-order valence-corrected chi connectivity index (χ2v) is 7.17. The number of hydrogen-bond donors (Lipinski definition) is 0. The zero-order valence-corrected chi connectivity index (χ0v) is 11.4. The first-order valence-electron chi connectivity index (χ1n) is 6.24. The lowest BCUT2D eigenvalue weighted by Gasteiger charge is -2.34. The number of aliphatic imine (C=N–C) groups is 1. The Balaban J connectivity index is 1.86. The van der Waals surface area contributed by atoms with Crippen LogP contribution in [-0.4, -0.2) is 22.5 Å². The van der Waals surface area contributed by atoms with Gasteiger partial charge in [-0.3, -0.25) is 14.7 Å². The molecule has 17 heavy (non-hydrogen) atoms. The van der Waals surface area contributed by atoms with Crippen LogP contribution in [0, 0.1) is 11.3 Å². The van der Waals surface area contributed by atoms with Gasteiger partial charge in [0, 0.05) is 10.6 Å². The highest BCUT2D eigenvalue weighted by molar-refractivity contribution is 8.17. The Kier molecular flexibility index (Phi) is 2.41. The van der Waals surface area contributed by atoms with Gasteiger partial charge in [-0.25, -0.2) is 0 Å². The van der Waals surface area contributed by atoms with E-state index in [0.717, 1.165) is 23.9 Å². The van der Waals surface area contributed by atoms with Crippen molar-refractivity contribution in [3.63, 3.8) is 0 Å². The second kappa shape index (κ2) is 3.61. The molecule has 0 aromatic heterocycles. The molecular formula is C13H18N2OS. The average Bonchev–Trinajstić information content (AvgIpc) is 2.76. The Bertz CT molecular complexity index is 445. The van der Waals surface area contributed by atoms with E-state index in [2.05, 4.69) is 25.8 Å². The van der Waals surface area contributed by atoms with Crippen LogP contribution in [0.2, 0.25) is 0 Å². The summed E-state index contributed by atoms with van der Waals surface area (Å²) in [5, 5.41) is 0.926. The maximum Gasteiger partial charge on any atom is 0.254 e. The first kappa shape index (κ1) is 11.3. The summed E-state index contributed by atoms with van der Waals surface area (Å²) in [6, 6.07) is 0. The summed E-state index contributed by atoms with van der Waals surface area (Å²) in [7, 11) is 0. The highest BCUT2D eigenvalue weighted by Gasteiger charge is 2.41. The third-order valence-corrected chi connectivity index (χ3v) is 5.13. The van der Waals surface area contributed by atoms with Crippen molar-refractivity contribution in [1.82, 2.24) is 4.90 Å². The van der Waals surface area contributed by atoms with Crippen LogP contribution in [-0.2, 0) is 4.79 Å². The highest BCUT2D eigenvalue weighted by atomic mass is 32.2.